The molecule has 9 heteroatoms. The molecular weight excluding hydrogens is 423 g/mol. The van der Waals surface area contributed by atoms with Crippen LogP contribution in [0.1, 0.15) is 35.5 Å². The van der Waals surface area contributed by atoms with Gasteiger partial charge >= 0.3 is 5.69 Å². The van der Waals surface area contributed by atoms with Crippen LogP contribution in [-0.2, 0) is 6.54 Å². The zero-order valence-corrected chi connectivity index (χ0v) is 18.1. The quantitative estimate of drug-likeness (QED) is 0.633. The van der Waals surface area contributed by atoms with Crippen LogP contribution < -0.4 is 16.6 Å². The number of carbonyl (C=O) groups is 1. The van der Waals surface area contributed by atoms with Crippen LogP contribution >= 0.6 is 11.6 Å². The normalized spacial score (nSPS) is 11.0. The van der Waals surface area contributed by atoms with E-state index in [-0.39, 0.29) is 12.5 Å². The third-order valence-electron chi connectivity index (χ3n) is 4.60. The molecule has 0 aliphatic heterocycles. The van der Waals surface area contributed by atoms with Crippen molar-refractivity contribution in [3.05, 3.63) is 91.0 Å². The smallest absolute Gasteiger partial charge is 0.350 e. The number of hydrogen-bond donors (Lipinski definition) is 1. The monoisotopic (exact) mass is 444 g/mol. The van der Waals surface area contributed by atoms with Crippen LogP contribution in [0.4, 0.5) is 4.39 Å². The number of benzene rings is 2. The first-order valence-electron chi connectivity index (χ1n) is 9.70. The lowest BCUT2D eigenvalue weighted by atomic mass is 10.2. The van der Waals surface area contributed by atoms with E-state index in [1.807, 2.05) is 20.8 Å². The lowest BCUT2D eigenvalue weighted by Gasteiger charge is -2.13. The van der Waals surface area contributed by atoms with Gasteiger partial charge < -0.3 is 5.32 Å². The minimum absolute atomic E-state index is 0.148. The van der Waals surface area contributed by atoms with E-state index in [0.717, 1.165) is 14.8 Å². The van der Waals surface area contributed by atoms with Crippen LogP contribution in [0.25, 0.3) is 5.69 Å². The van der Waals surface area contributed by atoms with Crippen molar-refractivity contribution in [3.8, 4) is 5.69 Å². The Labute approximate surface area is 183 Å². The maximum absolute atomic E-state index is 13.2. The lowest BCUT2D eigenvalue weighted by Crippen LogP contribution is -2.46. The Kier molecular flexibility index (Phi) is 6.70. The van der Waals surface area contributed by atoms with Crippen LogP contribution in [0, 0.1) is 18.7 Å². The summed E-state index contributed by atoms with van der Waals surface area (Å²) in [6, 6.07) is 10.3. The van der Waals surface area contributed by atoms with Crippen molar-refractivity contribution in [2.75, 3.05) is 6.54 Å². The van der Waals surface area contributed by atoms with Crippen molar-refractivity contribution >= 4 is 17.5 Å². The van der Waals surface area contributed by atoms with Gasteiger partial charge in [0.05, 0.1) is 12.2 Å². The van der Waals surface area contributed by atoms with Crippen molar-refractivity contribution < 1.29 is 9.18 Å². The molecule has 0 unspecified atom stereocenters. The van der Waals surface area contributed by atoms with E-state index < -0.39 is 28.7 Å². The number of rotatable bonds is 6. The van der Waals surface area contributed by atoms with Crippen molar-refractivity contribution in [2.45, 2.75) is 27.3 Å². The average molecular weight is 445 g/mol. The number of carbonyl (C=O) groups excluding carboxylic acids is 1. The molecule has 0 saturated heterocycles. The molecule has 0 atom stereocenters. The third-order valence-corrected chi connectivity index (χ3v) is 5.01. The molecule has 1 aromatic heterocycles. The highest BCUT2D eigenvalue weighted by atomic mass is 35.5. The number of nitrogens with one attached hydrogen (secondary N) is 1. The predicted octanol–water partition coefficient (Wildman–Crippen LogP) is 2.93. The van der Waals surface area contributed by atoms with Crippen LogP contribution in [0.5, 0.6) is 0 Å². The maximum Gasteiger partial charge on any atom is 0.352 e. The van der Waals surface area contributed by atoms with Gasteiger partial charge in [-0.3, -0.25) is 14.2 Å². The second-order valence-electron chi connectivity index (χ2n) is 7.60. The molecular formula is C22H22ClFN4O3. The summed E-state index contributed by atoms with van der Waals surface area (Å²) in [4.78, 5) is 38.7. The van der Waals surface area contributed by atoms with Gasteiger partial charge in [-0.25, -0.2) is 9.18 Å². The van der Waals surface area contributed by atoms with Crippen molar-refractivity contribution in [1.82, 2.24) is 19.7 Å². The molecule has 162 valence electrons. The summed E-state index contributed by atoms with van der Waals surface area (Å²) in [5, 5.41) is 7.11. The van der Waals surface area contributed by atoms with Gasteiger partial charge in [-0.05, 0) is 48.2 Å². The summed E-state index contributed by atoms with van der Waals surface area (Å²) >= 11 is 6.19. The van der Waals surface area contributed by atoms with Crippen molar-refractivity contribution in [2.24, 2.45) is 5.92 Å². The zero-order chi connectivity index (χ0) is 22.7. The second-order valence-corrected chi connectivity index (χ2v) is 8.01. The number of amides is 1. The van der Waals surface area contributed by atoms with E-state index in [4.69, 9.17) is 11.6 Å². The molecule has 31 heavy (non-hydrogen) atoms. The van der Waals surface area contributed by atoms with Gasteiger partial charge in [0.1, 0.15) is 5.82 Å². The topological polar surface area (TPSA) is 86.0 Å². The standard InChI is InChI=1S/C22H22ClFN4O3/c1-13(2)11-25-20(29)19-21(30)27(12-15-5-7-16(24)8-6-15)22(31)28(26-19)17-9-4-14(3)18(23)10-17/h4-10,13H,11-12H2,1-3H3,(H,25,29). The molecule has 0 fully saturated rings. The minimum Gasteiger partial charge on any atom is -0.350 e. The van der Waals surface area contributed by atoms with Crippen molar-refractivity contribution in [1.29, 1.82) is 0 Å². The molecule has 0 aliphatic carbocycles. The Balaban J connectivity index is 2.17. The minimum atomic E-state index is -0.829. The van der Waals surface area contributed by atoms with Gasteiger partial charge in [0.15, 0.2) is 0 Å². The fraction of sp³-hybridized carbons (Fsp3) is 0.273. The summed E-state index contributed by atoms with van der Waals surface area (Å²) < 4.78 is 15.1. The Hall–Kier alpha value is -3.26. The van der Waals surface area contributed by atoms with Gasteiger partial charge in [-0.1, -0.05) is 43.6 Å². The second kappa shape index (κ2) is 9.26. The Morgan fingerprint density at radius 1 is 1.16 bits per heavy atom. The highest BCUT2D eigenvalue weighted by molar-refractivity contribution is 6.31. The zero-order valence-electron chi connectivity index (χ0n) is 17.4. The molecule has 1 heterocycles. The summed E-state index contributed by atoms with van der Waals surface area (Å²) in [7, 11) is 0. The van der Waals surface area contributed by atoms with Gasteiger partial charge in [0.25, 0.3) is 11.5 Å². The molecule has 3 aromatic rings. The summed E-state index contributed by atoms with van der Waals surface area (Å²) in [6.07, 6.45) is 0. The van der Waals surface area contributed by atoms with E-state index in [0.29, 0.717) is 22.8 Å². The van der Waals surface area contributed by atoms with E-state index >= 15 is 0 Å². The number of hydrogen-bond acceptors (Lipinski definition) is 4. The number of aryl methyl sites for hydroxylation is 1. The van der Waals surface area contributed by atoms with E-state index in [1.165, 1.54) is 30.3 Å². The average Bonchev–Trinajstić information content (AvgIpc) is 2.73. The molecule has 0 spiro atoms. The van der Waals surface area contributed by atoms with Gasteiger partial charge in [-0.15, -0.1) is 0 Å². The Bertz CT molecular complexity index is 1230. The van der Waals surface area contributed by atoms with Gasteiger partial charge in [-0.2, -0.15) is 9.78 Å². The van der Waals surface area contributed by atoms with Crippen LogP contribution in [0.3, 0.4) is 0 Å². The first kappa shape index (κ1) is 22.4. The SMILES string of the molecule is Cc1ccc(-n2nc(C(=O)NCC(C)C)c(=O)n(Cc3ccc(F)cc3)c2=O)cc1Cl. The number of nitrogens with zero attached hydrogens (tertiary/aromatic N) is 3. The van der Waals surface area contributed by atoms with E-state index in [1.54, 1.807) is 12.1 Å². The Morgan fingerprint density at radius 2 is 1.84 bits per heavy atom. The van der Waals surface area contributed by atoms with Crippen LogP contribution in [-0.4, -0.2) is 26.8 Å². The summed E-state index contributed by atoms with van der Waals surface area (Å²) in [5.41, 5.74) is -0.355. The third kappa shape index (κ3) is 5.08. The largest absolute Gasteiger partial charge is 0.352 e. The fourth-order valence-electron chi connectivity index (χ4n) is 2.83. The fourth-order valence-corrected chi connectivity index (χ4v) is 3.01. The van der Waals surface area contributed by atoms with Gasteiger partial charge in [0, 0.05) is 11.6 Å². The molecule has 0 radical (unpaired) electrons. The molecule has 1 N–H and O–H groups in total. The number of halogens is 2. The molecule has 1 amide bonds. The van der Waals surface area contributed by atoms with E-state index in [2.05, 4.69) is 10.4 Å². The number of aromatic nitrogens is 3. The first-order chi connectivity index (χ1) is 14.7. The molecule has 0 saturated carbocycles. The predicted molar refractivity (Wildman–Crippen MR) is 117 cm³/mol. The maximum atomic E-state index is 13.2. The van der Waals surface area contributed by atoms with Crippen molar-refractivity contribution in [3.63, 3.8) is 0 Å². The van der Waals surface area contributed by atoms with Crippen LogP contribution in [0.2, 0.25) is 5.02 Å². The summed E-state index contributed by atoms with van der Waals surface area (Å²) in [6.45, 7) is 5.83. The van der Waals surface area contributed by atoms with E-state index in [9.17, 15) is 18.8 Å². The Morgan fingerprint density at radius 3 is 2.45 bits per heavy atom. The molecule has 0 aliphatic rings. The lowest BCUT2D eigenvalue weighted by molar-refractivity contribution is 0.0939. The van der Waals surface area contributed by atoms with Gasteiger partial charge in [0.2, 0.25) is 5.69 Å². The first-order valence-corrected chi connectivity index (χ1v) is 10.1. The van der Waals surface area contributed by atoms with Crippen LogP contribution in [0.15, 0.2) is 52.1 Å². The molecule has 0 bridgehead atoms. The highest BCUT2D eigenvalue weighted by Crippen LogP contribution is 2.18. The molecule has 7 nitrogen and oxygen atoms in total. The summed E-state index contributed by atoms with van der Waals surface area (Å²) in [5.74, 6) is -0.961. The molecule has 3 rings (SSSR count). The molecule has 2 aromatic carbocycles. The highest BCUT2D eigenvalue weighted by Gasteiger charge is 2.21.